The van der Waals surface area contributed by atoms with Crippen molar-refractivity contribution in [2.24, 2.45) is 0 Å². The fourth-order valence-corrected chi connectivity index (χ4v) is 7.17. The molecule has 0 N–H and O–H groups in total. The van der Waals surface area contributed by atoms with Gasteiger partial charge in [-0.15, -0.1) is 21.5 Å². The molecular formula is C36H22N4OS. The standard InChI is InChI=1S/C36H22N4OS/c1-4-12-23(13-5-1)34-37-38-35(40(34)26-16-8-3-9-17-26)24-20-21-30-28(22-24)32-33(42-30)31-27-18-10-11-19-29(27)39(36(31)41-32)25-14-6-2-7-15-25/h1-22H. The molecule has 0 radical (unpaired) electrons. The zero-order valence-electron chi connectivity index (χ0n) is 22.3. The van der Waals surface area contributed by atoms with Gasteiger partial charge in [-0.05, 0) is 48.5 Å². The van der Waals surface area contributed by atoms with Gasteiger partial charge in [0.1, 0.15) is 0 Å². The number of hydrogen-bond acceptors (Lipinski definition) is 4. The summed E-state index contributed by atoms with van der Waals surface area (Å²) in [6.45, 7) is 0. The molecule has 0 aliphatic carbocycles. The molecule has 0 unspecified atom stereocenters. The summed E-state index contributed by atoms with van der Waals surface area (Å²) >= 11 is 1.78. The van der Waals surface area contributed by atoms with Crippen molar-refractivity contribution in [3.63, 3.8) is 0 Å². The molecule has 42 heavy (non-hydrogen) atoms. The maximum atomic E-state index is 6.79. The summed E-state index contributed by atoms with van der Waals surface area (Å²) in [6.07, 6.45) is 0. The summed E-state index contributed by atoms with van der Waals surface area (Å²) < 4.78 is 13.5. The molecular weight excluding hydrogens is 536 g/mol. The number of fused-ring (bicyclic) bond motifs is 7. The zero-order valence-corrected chi connectivity index (χ0v) is 23.1. The van der Waals surface area contributed by atoms with Crippen LogP contribution in [0, 0.1) is 0 Å². The number of benzene rings is 5. The number of hydrogen-bond donors (Lipinski definition) is 0. The van der Waals surface area contributed by atoms with E-state index in [0.29, 0.717) is 0 Å². The van der Waals surface area contributed by atoms with Crippen molar-refractivity contribution in [2.45, 2.75) is 0 Å². The number of thiophene rings is 1. The first-order chi connectivity index (χ1) is 20.8. The van der Waals surface area contributed by atoms with Crippen LogP contribution in [0.2, 0.25) is 0 Å². The molecule has 5 aromatic carbocycles. The molecule has 0 aliphatic heterocycles. The van der Waals surface area contributed by atoms with E-state index in [1.54, 1.807) is 11.3 Å². The quantitative estimate of drug-likeness (QED) is 0.216. The number of para-hydroxylation sites is 3. The van der Waals surface area contributed by atoms with E-state index < -0.39 is 0 Å². The SMILES string of the molecule is c1ccc(-c2nnc(-c3ccc4sc5c(oc6c5c5ccccc5n6-c5ccccc5)c4c3)n2-c2ccccc2)cc1. The molecule has 0 bridgehead atoms. The molecule has 0 spiro atoms. The van der Waals surface area contributed by atoms with Gasteiger partial charge in [0.25, 0.3) is 0 Å². The third-order valence-electron chi connectivity index (χ3n) is 7.88. The van der Waals surface area contributed by atoms with Gasteiger partial charge in [0.2, 0.25) is 5.71 Å². The van der Waals surface area contributed by atoms with Crippen LogP contribution in [0.1, 0.15) is 0 Å². The average Bonchev–Trinajstić information content (AvgIpc) is 3.81. The van der Waals surface area contributed by atoms with Crippen molar-refractivity contribution >= 4 is 53.7 Å². The minimum absolute atomic E-state index is 0.789. The number of rotatable bonds is 4. The second-order valence-corrected chi connectivity index (χ2v) is 11.4. The predicted octanol–water partition coefficient (Wildman–Crippen LogP) is 9.66. The molecule has 9 rings (SSSR count). The van der Waals surface area contributed by atoms with Crippen LogP contribution in [0.4, 0.5) is 0 Å². The molecule has 6 heteroatoms. The lowest BCUT2D eigenvalue weighted by Crippen LogP contribution is -2.00. The second kappa shape index (κ2) is 9.03. The molecule has 0 amide bonds. The first-order valence-electron chi connectivity index (χ1n) is 13.9. The van der Waals surface area contributed by atoms with Gasteiger partial charge < -0.3 is 4.42 Å². The zero-order chi connectivity index (χ0) is 27.6. The molecule has 198 valence electrons. The first kappa shape index (κ1) is 23.3. The summed E-state index contributed by atoms with van der Waals surface area (Å²) in [6, 6.07) is 46.0. The van der Waals surface area contributed by atoms with Crippen LogP contribution in [0.5, 0.6) is 0 Å². The van der Waals surface area contributed by atoms with Crippen LogP contribution in [0.15, 0.2) is 138 Å². The topological polar surface area (TPSA) is 48.8 Å². The van der Waals surface area contributed by atoms with Crippen LogP contribution in [0.3, 0.4) is 0 Å². The maximum absolute atomic E-state index is 6.79. The van der Waals surface area contributed by atoms with Gasteiger partial charge >= 0.3 is 0 Å². The van der Waals surface area contributed by atoms with E-state index >= 15 is 0 Å². The van der Waals surface area contributed by atoms with E-state index in [0.717, 1.165) is 66.4 Å². The minimum Gasteiger partial charge on any atom is -0.438 e. The molecule has 9 aromatic rings. The Labute approximate surface area is 244 Å². The summed E-state index contributed by atoms with van der Waals surface area (Å²) in [5.41, 5.74) is 7.01. The van der Waals surface area contributed by atoms with Crippen molar-refractivity contribution in [1.82, 2.24) is 19.3 Å². The van der Waals surface area contributed by atoms with Gasteiger partial charge in [0.15, 0.2) is 17.2 Å². The van der Waals surface area contributed by atoms with E-state index in [9.17, 15) is 0 Å². The first-order valence-corrected chi connectivity index (χ1v) is 14.7. The lowest BCUT2D eigenvalue weighted by atomic mass is 10.1. The van der Waals surface area contributed by atoms with E-state index in [4.69, 9.17) is 9.52 Å². The summed E-state index contributed by atoms with van der Waals surface area (Å²) in [4.78, 5) is 0. The fraction of sp³-hybridized carbons (Fsp3) is 0. The van der Waals surface area contributed by atoms with Gasteiger partial charge in [-0.2, -0.15) is 0 Å². The normalized spacial score (nSPS) is 11.8. The van der Waals surface area contributed by atoms with Crippen LogP contribution in [-0.4, -0.2) is 19.3 Å². The third-order valence-corrected chi connectivity index (χ3v) is 9.05. The van der Waals surface area contributed by atoms with Crippen molar-refractivity contribution in [1.29, 1.82) is 0 Å². The Kier molecular flexibility index (Phi) is 5.00. The van der Waals surface area contributed by atoms with Crippen LogP contribution in [-0.2, 0) is 0 Å². The molecule has 0 atom stereocenters. The Morgan fingerprint density at radius 2 is 1.17 bits per heavy atom. The average molecular weight is 559 g/mol. The minimum atomic E-state index is 0.789. The van der Waals surface area contributed by atoms with Gasteiger partial charge in [-0.25, -0.2) is 0 Å². The van der Waals surface area contributed by atoms with Crippen LogP contribution in [0.25, 0.3) is 76.5 Å². The smallest absolute Gasteiger partial charge is 0.214 e. The Morgan fingerprint density at radius 3 is 1.90 bits per heavy atom. The maximum Gasteiger partial charge on any atom is 0.214 e. The van der Waals surface area contributed by atoms with Crippen molar-refractivity contribution in [2.75, 3.05) is 0 Å². The van der Waals surface area contributed by atoms with E-state index in [2.05, 4.69) is 105 Å². The van der Waals surface area contributed by atoms with Gasteiger partial charge in [-0.3, -0.25) is 9.13 Å². The Morgan fingerprint density at radius 1 is 0.548 bits per heavy atom. The second-order valence-electron chi connectivity index (χ2n) is 10.3. The largest absolute Gasteiger partial charge is 0.438 e. The summed E-state index contributed by atoms with van der Waals surface area (Å²) in [5, 5.41) is 12.8. The predicted molar refractivity (Wildman–Crippen MR) is 172 cm³/mol. The number of furan rings is 1. The van der Waals surface area contributed by atoms with Gasteiger partial charge in [0, 0.05) is 38.0 Å². The molecule has 4 aromatic heterocycles. The Hall–Kier alpha value is -5.46. The lowest BCUT2D eigenvalue weighted by Gasteiger charge is -2.11. The summed E-state index contributed by atoms with van der Waals surface area (Å²) in [5.74, 6) is 1.59. The van der Waals surface area contributed by atoms with E-state index in [1.165, 1.54) is 10.1 Å². The monoisotopic (exact) mass is 558 g/mol. The fourth-order valence-electron chi connectivity index (χ4n) is 6.01. The van der Waals surface area contributed by atoms with E-state index in [-0.39, 0.29) is 0 Å². The van der Waals surface area contributed by atoms with Crippen molar-refractivity contribution < 1.29 is 4.42 Å². The highest BCUT2D eigenvalue weighted by Gasteiger charge is 2.23. The van der Waals surface area contributed by atoms with Gasteiger partial charge in [0.05, 0.1) is 15.6 Å². The Balaban J connectivity index is 1.30. The third kappa shape index (κ3) is 3.36. The molecule has 4 heterocycles. The number of aromatic nitrogens is 4. The van der Waals surface area contributed by atoms with Crippen LogP contribution >= 0.6 is 11.3 Å². The molecule has 0 fully saturated rings. The molecule has 0 saturated carbocycles. The van der Waals surface area contributed by atoms with Crippen LogP contribution < -0.4 is 0 Å². The van der Waals surface area contributed by atoms with E-state index in [1.807, 2.05) is 42.5 Å². The summed E-state index contributed by atoms with van der Waals surface area (Å²) in [7, 11) is 0. The van der Waals surface area contributed by atoms with Gasteiger partial charge in [-0.1, -0.05) is 84.9 Å². The molecule has 5 nitrogen and oxygen atoms in total. The highest BCUT2D eigenvalue weighted by Crippen LogP contribution is 2.46. The number of nitrogens with zero attached hydrogens (tertiary/aromatic N) is 4. The van der Waals surface area contributed by atoms with Crippen molar-refractivity contribution in [3.05, 3.63) is 133 Å². The molecule has 0 aliphatic rings. The van der Waals surface area contributed by atoms with Crippen molar-refractivity contribution in [3.8, 4) is 34.2 Å². The highest BCUT2D eigenvalue weighted by molar-refractivity contribution is 7.26. The molecule has 0 saturated heterocycles. The Bertz CT molecular complexity index is 2400. The lowest BCUT2D eigenvalue weighted by molar-refractivity contribution is 0.649. The highest BCUT2D eigenvalue weighted by atomic mass is 32.1.